The summed E-state index contributed by atoms with van der Waals surface area (Å²) in [4.78, 5) is 48.9. The van der Waals surface area contributed by atoms with Crippen molar-refractivity contribution in [2.75, 3.05) is 5.01 Å². The van der Waals surface area contributed by atoms with Gasteiger partial charge in [0, 0.05) is 5.56 Å². The van der Waals surface area contributed by atoms with Crippen molar-refractivity contribution in [1.29, 1.82) is 0 Å². The quantitative estimate of drug-likeness (QED) is 0.330. The van der Waals surface area contributed by atoms with E-state index in [9.17, 15) is 19.2 Å². The van der Waals surface area contributed by atoms with Gasteiger partial charge in [0.1, 0.15) is 11.5 Å². The Morgan fingerprint density at radius 1 is 1.00 bits per heavy atom. The lowest BCUT2D eigenvalue weighted by atomic mass is 10.0. The number of furan rings is 1. The molecule has 3 heterocycles. The van der Waals surface area contributed by atoms with E-state index >= 15 is 0 Å². The normalized spacial score (nSPS) is 16.0. The van der Waals surface area contributed by atoms with Crippen molar-refractivity contribution >= 4 is 41.2 Å². The summed E-state index contributed by atoms with van der Waals surface area (Å²) in [6.07, 6.45) is 1.37. The minimum absolute atomic E-state index is 0.231. The number of anilines is 1. The molecule has 1 aromatic heterocycles. The summed E-state index contributed by atoms with van der Waals surface area (Å²) in [5.41, 5.74) is 3.01. The Morgan fingerprint density at radius 2 is 1.72 bits per heavy atom. The molecule has 0 unspecified atom stereocenters. The Morgan fingerprint density at radius 3 is 2.44 bits per heavy atom. The van der Waals surface area contributed by atoms with E-state index < -0.39 is 17.8 Å². The minimum Gasteiger partial charge on any atom is -0.459 e. The van der Waals surface area contributed by atoms with Gasteiger partial charge in [-0.15, -0.1) is 0 Å². The Bertz CT molecular complexity index is 1490. The van der Waals surface area contributed by atoms with E-state index in [1.807, 2.05) is 0 Å². The maximum atomic E-state index is 13.1. The second-order valence-electron chi connectivity index (χ2n) is 8.61. The molecule has 1 N–H and O–H groups in total. The standard InChI is InChI=1S/C27H21N3O6/c1-14(2)35-27(34)16-4-7-18(8-5-16)30-26(33)21(15(3)29-30)13-19-9-11-23(36-19)17-6-10-20-22(12-17)25(32)28-24(20)31/h4-14H,1-3H3,(H,28,31,32)/b21-13+. The van der Waals surface area contributed by atoms with Crippen LogP contribution in [0.4, 0.5) is 5.69 Å². The maximum absolute atomic E-state index is 13.1. The molecule has 3 amide bonds. The van der Waals surface area contributed by atoms with Crippen molar-refractivity contribution < 1.29 is 28.3 Å². The Balaban J connectivity index is 1.36. The summed E-state index contributed by atoms with van der Waals surface area (Å²) < 4.78 is 11.1. The van der Waals surface area contributed by atoms with E-state index in [2.05, 4.69) is 10.4 Å². The second-order valence-corrected chi connectivity index (χ2v) is 8.61. The van der Waals surface area contributed by atoms with Crippen LogP contribution in [-0.4, -0.2) is 35.5 Å². The molecular formula is C27H21N3O6. The lowest BCUT2D eigenvalue weighted by molar-refractivity contribution is -0.114. The van der Waals surface area contributed by atoms with Crippen molar-refractivity contribution in [1.82, 2.24) is 5.32 Å². The summed E-state index contributed by atoms with van der Waals surface area (Å²) in [6.45, 7) is 5.27. The third kappa shape index (κ3) is 4.11. The molecule has 3 aromatic rings. The molecule has 9 nitrogen and oxygen atoms in total. The molecule has 0 radical (unpaired) electrons. The van der Waals surface area contributed by atoms with Crippen LogP contribution in [0.25, 0.3) is 17.4 Å². The second kappa shape index (κ2) is 8.77. The first-order valence-corrected chi connectivity index (χ1v) is 11.2. The SMILES string of the molecule is CC1=NN(c2ccc(C(=O)OC(C)C)cc2)C(=O)/C1=C/c1ccc(-c2ccc3c(c2)C(=O)NC3=O)o1. The van der Waals surface area contributed by atoms with E-state index in [1.54, 1.807) is 81.4 Å². The molecule has 0 aliphatic carbocycles. The third-order valence-electron chi connectivity index (χ3n) is 5.69. The number of ether oxygens (including phenoxy) is 1. The van der Waals surface area contributed by atoms with E-state index in [0.29, 0.717) is 50.7 Å². The van der Waals surface area contributed by atoms with Gasteiger partial charge in [-0.05, 0) is 75.4 Å². The average Bonchev–Trinajstić information content (AvgIpc) is 3.51. The molecule has 0 saturated heterocycles. The van der Waals surface area contributed by atoms with Gasteiger partial charge in [-0.3, -0.25) is 19.7 Å². The topological polar surface area (TPSA) is 118 Å². The molecule has 2 aromatic carbocycles. The predicted molar refractivity (Wildman–Crippen MR) is 132 cm³/mol. The number of carbonyl (C=O) groups is 4. The van der Waals surface area contributed by atoms with Gasteiger partial charge in [-0.25, -0.2) is 4.79 Å². The molecule has 0 saturated carbocycles. The summed E-state index contributed by atoms with van der Waals surface area (Å²) in [7, 11) is 0. The minimum atomic E-state index is -0.445. The molecule has 36 heavy (non-hydrogen) atoms. The Hall–Kier alpha value is -4.79. The van der Waals surface area contributed by atoms with Gasteiger partial charge in [0.25, 0.3) is 17.7 Å². The van der Waals surface area contributed by atoms with Gasteiger partial charge >= 0.3 is 5.97 Å². The van der Waals surface area contributed by atoms with Gasteiger partial charge < -0.3 is 9.15 Å². The molecule has 180 valence electrons. The number of esters is 1. The maximum Gasteiger partial charge on any atom is 0.338 e. The van der Waals surface area contributed by atoms with Crippen LogP contribution in [0.2, 0.25) is 0 Å². The smallest absolute Gasteiger partial charge is 0.338 e. The number of rotatable bonds is 5. The number of nitrogens with one attached hydrogen (secondary N) is 1. The summed E-state index contributed by atoms with van der Waals surface area (Å²) in [6, 6.07) is 14.7. The highest BCUT2D eigenvalue weighted by Gasteiger charge is 2.30. The number of imide groups is 1. The lowest BCUT2D eigenvalue weighted by Crippen LogP contribution is -2.21. The summed E-state index contributed by atoms with van der Waals surface area (Å²) >= 11 is 0. The van der Waals surface area contributed by atoms with Crippen LogP contribution in [0, 0.1) is 0 Å². The molecule has 0 atom stereocenters. The first-order valence-electron chi connectivity index (χ1n) is 11.2. The van der Waals surface area contributed by atoms with E-state index in [-0.39, 0.29) is 12.0 Å². The van der Waals surface area contributed by atoms with E-state index in [4.69, 9.17) is 9.15 Å². The lowest BCUT2D eigenvalue weighted by Gasteiger charge is -2.13. The predicted octanol–water partition coefficient (Wildman–Crippen LogP) is 4.20. The number of benzene rings is 2. The number of amides is 3. The molecule has 5 rings (SSSR count). The van der Waals surface area contributed by atoms with Crippen LogP contribution in [0.15, 0.2) is 69.7 Å². The highest BCUT2D eigenvalue weighted by atomic mass is 16.5. The van der Waals surface area contributed by atoms with E-state index in [1.165, 1.54) is 5.01 Å². The fourth-order valence-electron chi connectivity index (χ4n) is 3.93. The number of hydrogen-bond donors (Lipinski definition) is 1. The van der Waals surface area contributed by atoms with Crippen LogP contribution in [0.3, 0.4) is 0 Å². The van der Waals surface area contributed by atoms with Crippen molar-refractivity contribution in [3.63, 3.8) is 0 Å². The number of hydrogen-bond acceptors (Lipinski definition) is 7. The van der Waals surface area contributed by atoms with Gasteiger partial charge in [0.2, 0.25) is 0 Å². The van der Waals surface area contributed by atoms with Gasteiger partial charge in [-0.1, -0.05) is 6.07 Å². The summed E-state index contributed by atoms with van der Waals surface area (Å²) in [5, 5.41) is 7.88. The number of hydrazone groups is 1. The van der Waals surface area contributed by atoms with Crippen LogP contribution in [-0.2, 0) is 9.53 Å². The van der Waals surface area contributed by atoms with Crippen molar-refractivity contribution in [3.05, 3.63) is 82.6 Å². The van der Waals surface area contributed by atoms with Crippen molar-refractivity contribution in [3.8, 4) is 11.3 Å². The van der Waals surface area contributed by atoms with Crippen LogP contribution < -0.4 is 10.3 Å². The monoisotopic (exact) mass is 483 g/mol. The Labute approximate surface area is 206 Å². The van der Waals surface area contributed by atoms with Gasteiger partial charge in [-0.2, -0.15) is 10.1 Å². The summed E-state index contributed by atoms with van der Waals surface area (Å²) in [5.74, 6) is -0.728. The highest BCUT2D eigenvalue weighted by Crippen LogP contribution is 2.29. The van der Waals surface area contributed by atoms with Gasteiger partial charge in [0.15, 0.2) is 0 Å². The zero-order chi connectivity index (χ0) is 25.6. The zero-order valence-electron chi connectivity index (χ0n) is 19.7. The fraction of sp³-hybridized carbons (Fsp3) is 0.148. The number of nitrogens with zero attached hydrogens (tertiary/aromatic N) is 2. The number of fused-ring (bicyclic) bond motifs is 1. The van der Waals surface area contributed by atoms with Crippen LogP contribution >= 0.6 is 0 Å². The highest BCUT2D eigenvalue weighted by molar-refractivity contribution is 6.32. The van der Waals surface area contributed by atoms with Crippen LogP contribution in [0.1, 0.15) is 57.6 Å². The van der Waals surface area contributed by atoms with Gasteiger partial charge in [0.05, 0.1) is 39.8 Å². The average molecular weight is 483 g/mol. The molecular weight excluding hydrogens is 462 g/mol. The molecule has 2 aliphatic rings. The zero-order valence-corrected chi connectivity index (χ0v) is 19.7. The van der Waals surface area contributed by atoms with Crippen molar-refractivity contribution in [2.24, 2.45) is 5.10 Å². The molecule has 0 bridgehead atoms. The molecule has 0 fully saturated rings. The molecule has 2 aliphatic heterocycles. The molecule has 9 heteroatoms. The largest absolute Gasteiger partial charge is 0.459 e. The van der Waals surface area contributed by atoms with E-state index in [0.717, 1.165) is 0 Å². The number of carbonyl (C=O) groups excluding carboxylic acids is 4. The fourth-order valence-corrected chi connectivity index (χ4v) is 3.93. The van der Waals surface area contributed by atoms with Crippen molar-refractivity contribution in [2.45, 2.75) is 26.9 Å². The molecule has 0 spiro atoms. The van der Waals surface area contributed by atoms with Crippen LogP contribution in [0.5, 0.6) is 0 Å². The Kier molecular flexibility index (Phi) is 5.60. The third-order valence-corrected chi connectivity index (χ3v) is 5.69. The first kappa shape index (κ1) is 23.0. The first-order chi connectivity index (χ1) is 17.2.